The van der Waals surface area contributed by atoms with Crippen LogP contribution in [0.5, 0.6) is 0 Å². The number of hydrogen-bond donors (Lipinski definition) is 0. The highest BCUT2D eigenvalue weighted by atomic mass is 16.2. The van der Waals surface area contributed by atoms with E-state index in [0.29, 0.717) is 0 Å². The molecule has 1 rings (SSSR count). The van der Waals surface area contributed by atoms with E-state index < -0.39 is 0 Å². The third-order valence-corrected chi connectivity index (χ3v) is 3.29. The smallest absolute Gasteiger partial charge is 0.254 e. The van der Waals surface area contributed by atoms with Crippen LogP contribution in [0, 0.1) is 0 Å². The summed E-state index contributed by atoms with van der Waals surface area (Å²) in [6.45, 7) is 9.85. The highest BCUT2D eigenvalue weighted by molar-refractivity contribution is 5.96. The molecular formula is C15H23NO. The Kier molecular flexibility index (Phi) is 5.20. The molecule has 0 fully saturated rings. The van der Waals surface area contributed by atoms with Crippen LogP contribution in [0.15, 0.2) is 18.2 Å². The summed E-state index contributed by atoms with van der Waals surface area (Å²) in [5.74, 6) is 0.169. The van der Waals surface area contributed by atoms with Crippen molar-refractivity contribution in [2.75, 3.05) is 13.1 Å². The van der Waals surface area contributed by atoms with Gasteiger partial charge in [0.25, 0.3) is 5.91 Å². The molecule has 94 valence electrons. The van der Waals surface area contributed by atoms with Gasteiger partial charge in [0.1, 0.15) is 0 Å². The van der Waals surface area contributed by atoms with Crippen molar-refractivity contribution in [3.8, 4) is 0 Å². The Hall–Kier alpha value is -1.31. The maximum atomic E-state index is 12.4. The molecule has 0 atom stereocenters. The van der Waals surface area contributed by atoms with Gasteiger partial charge in [-0.25, -0.2) is 0 Å². The van der Waals surface area contributed by atoms with Crippen molar-refractivity contribution in [3.63, 3.8) is 0 Å². The van der Waals surface area contributed by atoms with Gasteiger partial charge in [0.05, 0.1) is 0 Å². The maximum absolute atomic E-state index is 12.4. The molecule has 2 nitrogen and oxygen atoms in total. The Morgan fingerprint density at radius 2 is 1.71 bits per heavy atom. The molecule has 1 aromatic carbocycles. The van der Waals surface area contributed by atoms with Crippen LogP contribution >= 0.6 is 0 Å². The average molecular weight is 233 g/mol. The van der Waals surface area contributed by atoms with E-state index in [1.807, 2.05) is 30.9 Å². The summed E-state index contributed by atoms with van der Waals surface area (Å²) in [4.78, 5) is 14.3. The van der Waals surface area contributed by atoms with Gasteiger partial charge in [0, 0.05) is 18.7 Å². The molecule has 0 aliphatic heterocycles. The minimum atomic E-state index is 0.169. The van der Waals surface area contributed by atoms with Crippen LogP contribution in [0.3, 0.4) is 0 Å². The lowest BCUT2D eigenvalue weighted by molar-refractivity contribution is 0.0772. The molecule has 0 aliphatic rings. The van der Waals surface area contributed by atoms with Crippen molar-refractivity contribution < 1.29 is 4.79 Å². The van der Waals surface area contributed by atoms with E-state index in [9.17, 15) is 4.79 Å². The number of carbonyl (C=O) groups excluding carboxylic acids is 1. The minimum Gasteiger partial charge on any atom is -0.339 e. The number of benzene rings is 1. The van der Waals surface area contributed by atoms with Crippen molar-refractivity contribution in [1.82, 2.24) is 4.90 Å². The average Bonchev–Trinajstić information content (AvgIpc) is 2.38. The van der Waals surface area contributed by atoms with Crippen LogP contribution in [-0.4, -0.2) is 23.9 Å². The van der Waals surface area contributed by atoms with Gasteiger partial charge < -0.3 is 4.90 Å². The van der Waals surface area contributed by atoms with Gasteiger partial charge in [-0.05, 0) is 43.9 Å². The van der Waals surface area contributed by atoms with E-state index in [1.165, 1.54) is 11.1 Å². The maximum Gasteiger partial charge on any atom is 0.254 e. The lowest BCUT2D eigenvalue weighted by atomic mass is 9.96. The molecule has 0 bridgehead atoms. The number of rotatable bonds is 5. The second-order valence-electron chi connectivity index (χ2n) is 4.13. The molecule has 0 saturated heterocycles. The lowest BCUT2D eigenvalue weighted by Gasteiger charge is -2.21. The Labute approximate surface area is 105 Å². The number of nitrogens with zero attached hydrogens (tertiary/aromatic N) is 1. The van der Waals surface area contributed by atoms with Gasteiger partial charge >= 0.3 is 0 Å². The van der Waals surface area contributed by atoms with Gasteiger partial charge in [0.2, 0.25) is 0 Å². The number of aryl methyl sites for hydroxylation is 1. The topological polar surface area (TPSA) is 20.3 Å². The van der Waals surface area contributed by atoms with Crippen LogP contribution in [-0.2, 0) is 12.8 Å². The van der Waals surface area contributed by atoms with Crippen LogP contribution in [0.1, 0.15) is 49.2 Å². The number of hydrogen-bond acceptors (Lipinski definition) is 1. The summed E-state index contributed by atoms with van der Waals surface area (Å²) < 4.78 is 0. The van der Waals surface area contributed by atoms with Gasteiger partial charge in [-0.2, -0.15) is 0 Å². The molecule has 0 aromatic heterocycles. The van der Waals surface area contributed by atoms with Crippen molar-refractivity contribution in [3.05, 3.63) is 34.9 Å². The molecule has 0 spiro atoms. The zero-order valence-corrected chi connectivity index (χ0v) is 11.4. The fraction of sp³-hybridized carbons (Fsp3) is 0.533. The zero-order valence-electron chi connectivity index (χ0n) is 11.4. The zero-order chi connectivity index (χ0) is 12.8. The van der Waals surface area contributed by atoms with Crippen LogP contribution in [0.2, 0.25) is 0 Å². The molecule has 0 saturated carbocycles. The summed E-state index contributed by atoms with van der Waals surface area (Å²) in [7, 11) is 0. The number of amides is 1. The molecule has 0 radical (unpaired) electrons. The Morgan fingerprint density at radius 1 is 1.06 bits per heavy atom. The summed E-state index contributed by atoms with van der Waals surface area (Å²) in [6.07, 6.45) is 1.91. The predicted molar refractivity (Wildman–Crippen MR) is 72.4 cm³/mol. The van der Waals surface area contributed by atoms with Gasteiger partial charge in [-0.3, -0.25) is 4.79 Å². The van der Waals surface area contributed by atoms with E-state index in [1.54, 1.807) is 0 Å². The first-order valence-corrected chi connectivity index (χ1v) is 6.59. The summed E-state index contributed by atoms with van der Waals surface area (Å²) in [5.41, 5.74) is 3.40. The summed E-state index contributed by atoms with van der Waals surface area (Å²) in [6, 6.07) is 6.07. The van der Waals surface area contributed by atoms with Crippen molar-refractivity contribution >= 4 is 5.91 Å². The second kappa shape index (κ2) is 6.43. The van der Waals surface area contributed by atoms with E-state index in [0.717, 1.165) is 31.5 Å². The fourth-order valence-corrected chi connectivity index (χ4v) is 2.26. The van der Waals surface area contributed by atoms with E-state index >= 15 is 0 Å². The largest absolute Gasteiger partial charge is 0.339 e. The second-order valence-corrected chi connectivity index (χ2v) is 4.13. The molecule has 1 amide bonds. The summed E-state index contributed by atoms with van der Waals surface area (Å²) in [5, 5.41) is 0. The highest BCUT2D eigenvalue weighted by Gasteiger charge is 2.16. The van der Waals surface area contributed by atoms with E-state index in [-0.39, 0.29) is 5.91 Å². The Balaban J connectivity index is 3.16. The first-order valence-electron chi connectivity index (χ1n) is 6.59. The number of carbonyl (C=O) groups is 1. The van der Waals surface area contributed by atoms with Crippen LogP contribution in [0.25, 0.3) is 0 Å². The molecule has 0 N–H and O–H groups in total. The third kappa shape index (κ3) is 2.87. The molecule has 0 aliphatic carbocycles. The fourth-order valence-electron chi connectivity index (χ4n) is 2.26. The molecular weight excluding hydrogens is 210 g/mol. The van der Waals surface area contributed by atoms with E-state index in [2.05, 4.69) is 19.9 Å². The lowest BCUT2D eigenvalue weighted by Crippen LogP contribution is -2.31. The highest BCUT2D eigenvalue weighted by Crippen LogP contribution is 2.18. The third-order valence-electron chi connectivity index (χ3n) is 3.29. The predicted octanol–water partition coefficient (Wildman–Crippen LogP) is 3.29. The molecule has 17 heavy (non-hydrogen) atoms. The van der Waals surface area contributed by atoms with Gasteiger partial charge in [0.15, 0.2) is 0 Å². The molecule has 0 heterocycles. The van der Waals surface area contributed by atoms with Gasteiger partial charge in [-0.15, -0.1) is 0 Å². The quantitative estimate of drug-likeness (QED) is 0.764. The van der Waals surface area contributed by atoms with Crippen molar-refractivity contribution in [2.45, 2.75) is 40.5 Å². The Bertz CT molecular complexity index is 381. The summed E-state index contributed by atoms with van der Waals surface area (Å²) >= 11 is 0. The van der Waals surface area contributed by atoms with Crippen molar-refractivity contribution in [1.29, 1.82) is 0 Å². The molecule has 2 heteroatoms. The Morgan fingerprint density at radius 3 is 2.18 bits per heavy atom. The van der Waals surface area contributed by atoms with Crippen molar-refractivity contribution in [2.24, 2.45) is 0 Å². The molecule has 0 unspecified atom stereocenters. The van der Waals surface area contributed by atoms with Crippen LogP contribution in [0.4, 0.5) is 0 Å². The first-order chi connectivity index (χ1) is 8.19. The standard InChI is InChI=1S/C15H23NO/c1-5-12-10-9-11-14(13(12)6-2)15(17)16(7-3)8-4/h9-11H,5-8H2,1-4H3. The monoisotopic (exact) mass is 233 g/mol. The minimum absolute atomic E-state index is 0.169. The normalized spacial score (nSPS) is 10.4. The SMILES string of the molecule is CCc1cccc(C(=O)N(CC)CC)c1CC. The van der Waals surface area contributed by atoms with Crippen LogP contribution < -0.4 is 0 Å². The van der Waals surface area contributed by atoms with E-state index in [4.69, 9.17) is 0 Å². The first kappa shape index (κ1) is 13.8. The van der Waals surface area contributed by atoms with Gasteiger partial charge in [-0.1, -0.05) is 26.0 Å². The molecule has 1 aromatic rings.